The molecule has 3 rings (SSSR count). The lowest BCUT2D eigenvalue weighted by Gasteiger charge is -2.14. The third-order valence-corrected chi connectivity index (χ3v) is 3.21. The van der Waals surface area contributed by atoms with Gasteiger partial charge in [0.25, 0.3) is 0 Å². The standard InChI is InChI=1S/C16H18O3/c1-2-6-14-13(5-1)7-8-15-16(14)19-12-4-10-17-9-3-11-18-15/h1-2,5-8H,3-4,9-12H2. The summed E-state index contributed by atoms with van der Waals surface area (Å²) >= 11 is 0. The molecule has 0 aromatic heterocycles. The van der Waals surface area contributed by atoms with Gasteiger partial charge in [-0.25, -0.2) is 0 Å². The Hall–Kier alpha value is -1.74. The molecule has 0 bridgehead atoms. The number of rotatable bonds is 0. The zero-order valence-corrected chi connectivity index (χ0v) is 10.9. The Labute approximate surface area is 113 Å². The summed E-state index contributed by atoms with van der Waals surface area (Å²) in [6.45, 7) is 2.82. The summed E-state index contributed by atoms with van der Waals surface area (Å²) in [5.41, 5.74) is 0. The van der Waals surface area contributed by atoms with Crippen molar-refractivity contribution < 1.29 is 14.2 Å². The largest absolute Gasteiger partial charge is 0.490 e. The minimum absolute atomic E-state index is 0.657. The molecule has 3 heteroatoms. The van der Waals surface area contributed by atoms with Crippen LogP contribution in [-0.2, 0) is 4.74 Å². The van der Waals surface area contributed by atoms with Crippen molar-refractivity contribution in [3.8, 4) is 11.5 Å². The van der Waals surface area contributed by atoms with Crippen LogP contribution in [0.5, 0.6) is 11.5 Å². The van der Waals surface area contributed by atoms with Gasteiger partial charge in [-0.1, -0.05) is 30.3 Å². The maximum absolute atomic E-state index is 5.93. The van der Waals surface area contributed by atoms with Crippen molar-refractivity contribution in [3.05, 3.63) is 36.4 Å². The summed E-state index contributed by atoms with van der Waals surface area (Å²) in [6, 6.07) is 12.3. The van der Waals surface area contributed by atoms with E-state index in [1.807, 2.05) is 18.2 Å². The molecule has 0 saturated heterocycles. The van der Waals surface area contributed by atoms with E-state index in [9.17, 15) is 0 Å². The van der Waals surface area contributed by atoms with Gasteiger partial charge < -0.3 is 14.2 Å². The first-order valence-corrected chi connectivity index (χ1v) is 6.80. The van der Waals surface area contributed by atoms with Gasteiger partial charge in [0, 0.05) is 31.4 Å². The molecule has 0 aliphatic carbocycles. The molecule has 19 heavy (non-hydrogen) atoms. The summed E-state index contributed by atoms with van der Waals surface area (Å²) in [6.07, 6.45) is 1.81. The molecule has 0 fully saturated rings. The van der Waals surface area contributed by atoms with Crippen molar-refractivity contribution in [2.24, 2.45) is 0 Å². The Morgan fingerprint density at radius 1 is 0.737 bits per heavy atom. The summed E-state index contributed by atoms with van der Waals surface area (Å²) in [5.74, 6) is 1.70. The van der Waals surface area contributed by atoms with E-state index < -0.39 is 0 Å². The van der Waals surface area contributed by atoms with Crippen molar-refractivity contribution in [1.29, 1.82) is 0 Å². The quantitative estimate of drug-likeness (QED) is 0.724. The molecule has 100 valence electrons. The number of fused-ring (bicyclic) bond motifs is 3. The number of hydrogen-bond donors (Lipinski definition) is 0. The highest BCUT2D eigenvalue weighted by Crippen LogP contribution is 2.36. The number of hydrogen-bond acceptors (Lipinski definition) is 3. The summed E-state index contributed by atoms with van der Waals surface area (Å²) in [7, 11) is 0. The first kappa shape index (κ1) is 12.3. The van der Waals surface area contributed by atoms with E-state index in [0.717, 1.165) is 42.9 Å². The third-order valence-electron chi connectivity index (χ3n) is 3.21. The van der Waals surface area contributed by atoms with Gasteiger partial charge in [-0.05, 0) is 11.5 Å². The smallest absolute Gasteiger partial charge is 0.168 e. The fraction of sp³-hybridized carbons (Fsp3) is 0.375. The van der Waals surface area contributed by atoms with Crippen LogP contribution in [0.1, 0.15) is 12.8 Å². The highest BCUT2D eigenvalue weighted by atomic mass is 16.5. The molecule has 1 aliphatic rings. The van der Waals surface area contributed by atoms with E-state index in [1.165, 1.54) is 5.39 Å². The second-order valence-corrected chi connectivity index (χ2v) is 4.63. The maximum Gasteiger partial charge on any atom is 0.168 e. The van der Waals surface area contributed by atoms with Crippen LogP contribution in [0.3, 0.4) is 0 Å². The highest BCUT2D eigenvalue weighted by molar-refractivity contribution is 5.90. The van der Waals surface area contributed by atoms with Gasteiger partial charge in [0.05, 0.1) is 13.2 Å². The van der Waals surface area contributed by atoms with Crippen LogP contribution in [-0.4, -0.2) is 26.4 Å². The van der Waals surface area contributed by atoms with Gasteiger partial charge in [-0.3, -0.25) is 0 Å². The van der Waals surface area contributed by atoms with E-state index in [1.54, 1.807) is 0 Å². The van der Waals surface area contributed by atoms with Gasteiger partial charge >= 0.3 is 0 Å². The summed E-state index contributed by atoms with van der Waals surface area (Å²) in [5, 5.41) is 2.29. The number of benzene rings is 2. The fourth-order valence-corrected chi connectivity index (χ4v) is 2.27. The summed E-state index contributed by atoms with van der Waals surface area (Å²) < 4.78 is 17.2. The lowest BCUT2D eigenvalue weighted by molar-refractivity contribution is 0.112. The molecule has 0 N–H and O–H groups in total. The first-order chi connectivity index (χ1) is 9.45. The van der Waals surface area contributed by atoms with Gasteiger partial charge in [0.15, 0.2) is 11.5 Å². The zero-order valence-electron chi connectivity index (χ0n) is 10.9. The van der Waals surface area contributed by atoms with Crippen molar-refractivity contribution >= 4 is 10.8 Å². The van der Waals surface area contributed by atoms with Crippen LogP contribution >= 0.6 is 0 Å². The Bertz CT molecular complexity index is 551. The molecule has 2 aromatic carbocycles. The molecule has 0 saturated carbocycles. The van der Waals surface area contributed by atoms with Crippen LogP contribution in [0, 0.1) is 0 Å². The second-order valence-electron chi connectivity index (χ2n) is 4.63. The monoisotopic (exact) mass is 258 g/mol. The van der Waals surface area contributed by atoms with Crippen molar-refractivity contribution in [1.82, 2.24) is 0 Å². The van der Waals surface area contributed by atoms with E-state index in [4.69, 9.17) is 14.2 Å². The minimum Gasteiger partial charge on any atom is -0.490 e. The zero-order chi connectivity index (χ0) is 12.9. The number of ether oxygens (including phenoxy) is 3. The SMILES string of the molecule is c1ccc2c3c(ccc2c1)OCCCOCCCO3. The molecule has 0 radical (unpaired) electrons. The molecule has 1 aliphatic heterocycles. The molecule has 0 atom stereocenters. The molecule has 0 spiro atoms. The molecular weight excluding hydrogens is 240 g/mol. The van der Waals surface area contributed by atoms with E-state index in [2.05, 4.69) is 18.2 Å². The molecule has 3 nitrogen and oxygen atoms in total. The van der Waals surface area contributed by atoms with Crippen LogP contribution in [0.4, 0.5) is 0 Å². The Kier molecular flexibility index (Phi) is 3.84. The van der Waals surface area contributed by atoms with E-state index >= 15 is 0 Å². The molecule has 2 aromatic rings. The highest BCUT2D eigenvalue weighted by Gasteiger charge is 2.11. The molecule has 0 amide bonds. The average molecular weight is 258 g/mol. The topological polar surface area (TPSA) is 27.7 Å². The Morgan fingerprint density at radius 2 is 1.53 bits per heavy atom. The lowest BCUT2D eigenvalue weighted by Crippen LogP contribution is -2.03. The first-order valence-electron chi connectivity index (χ1n) is 6.80. The predicted molar refractivity (Wildman–Crippen MR) is 75.0 cm³/mol. The Balaban J connectivity index is 1.98. The predicted octanol–water partition coefficient (Wildman–Crippen LogP) is 3.41. The molecular formula is C16H18O3. The van der Waals surface area contributed by atoms with Crippen LogP contribution < -0.4 is 9.47 Å². The average Bonchev–Trinajstić information content (AvgIpc) is 2.51. The van der Waals surface area contributed by atoms with Crippen LogP contribution in [0.15, 0.2) is 36.4 Å². The van der Waals surface area contributed by atoms with E-state index in [0.29, 0.717) is 13.2 Å². The lowest BCUT2D eigenvalue weighted by atomic mass is 10.1. The molecule has 0 unspecified atom stereocenters. The van der Waals surface area contributed by atoms with Crippen molar-refractivity contribution in [2.75, 3.05) is 26.4 Å². The second kappa shape index (κ2) is 5.93. The van der Waals surface area contributed by atoms with Crippen LogP contribution in [0.25, 0.3) is 10.8 Å². The van der Waals surface area contributed by atoms with E-state index in [-0.39, 0.29) is 0 Å². The Morgan fingerprint density at radius 3 is 2.42 bits per heavy atom. The molecule has 1 heterocycles. The van der Waals surface area contributed by atoms with Crippen molar-refractivity contribution in [3.63, 3.8) is 0 Å². The summed E-state index contributed by atoms with van der Waals surface area (Å²) in [4.78, 5) is 0. The van der Waals surface area contributed by atoms with Gasteiger partial charge in [-0.15, -0.1) is 0 Å². The minimum atomic E-state index is 0.657. The van der Waals surface area contributed by atoms with Gasteiger partial charge in [0.2, 0.25) is 0 Å². The van der Waals surface area contributed by atoms with Gasteiger partial charge in [-0.2, -0.15) is 0 Å². The van der Waals surface area contributed by atoms with Gasteiger partial charge in [0.1, 0.15) is 0 Å². The normalized spacial score (nSPS) is 16.8. The maximum atomic E-state index is 5.93. The fourth-order valence-electron chi connectivity index (χ4n) is 2.27. The van der Waals surface area contributed by atoms with Crippen molar-refractivity contribution in [2.45, 2.75) is 12.8 Å². The third kappa shape index (κ3) is 2.82. The van der Waals surface area contributed by atoms with Crippen LogP contribution in [0.2, 0.25) is 0 Å².